The quantitative estimate of drug-likeness (QED) is 0.679. The fraction of sp³-hybridized carbons (Fsp3) is 0.250. The van der Waals surface area contributed by atoms with Crippen molar-refractivity contribution in [3.63, 3.8) is 0 Å². The van der Waals surface area contributed by atoms with Crippen molar-refractivity contribution in [2.24, 2.45) is 0 Å². The van der Waals surface area contributed by atoms with Gasteiger partial charge in [-0.15, -0.1) is 5.10 Å². The van der Waals surface area contributed by atoms with Crippen LogP contribution in [0.4, 0.5) is 0 Å². The average Bonchev–Trinajstić information content (AvgIpc) is 2.13. The van der Waals surface area contributed by atoms with Crippen LogP contribution in [0.25, 0.3) is 0 Å². The van der Waals surface area contributed by atoms with Crippen LogP contribution in [0.2, 0.25) is 5.35 Å². The Morgan fingerprint density at radius 3 is 2.80 bits per heavy atom. The standard InChI is InChI=1S/C4H3ClN2O3/c5-4-7-6-2(10-4)1-3(8)9/h1H2,(H,8,9). The van der Waals surface area contributed by atoms with Gasteiger partial charge in [0.15, 0.2) is 0 Å². The normalized spacial score (nSPS) is 9.70. The van der Waals surface area contributed by atoms with Gasteiger partial charge >= 0.3 is 11.3 Å². The Morgan fingerprint density at radius 2 is 2.40 bits per heavy atom. The summed E-state index contributed by atoms with van der Waals surface area (Å²) in [6.07, 6.45) is -0.292. The van der Waals surface area contributed by atoms with Gasteiger partial charge in [0.1, 0.15) is 6.42 Å². The number of hydrogen-bond donors (Lipinski definition) is 1. The molecule has 0 aliphatic rings. The summed E-state index contributed by atoms with van der Waals surface area (Å²) in [5.74, 6) is -1.02. The van der Waals surface area contributed by atoms with Crippen LogP contribution in [0.3, 0.4) is 0 Å². The maximum atomic E-state index is 10.0. The van der Waals surface area contributed by atoms with Gasteiger partial charge in [-0.1, -0.05) is 5.10 Å². The molecule has 0 saturated heterocycles. The Kier molecular flexibility index (Phi) is 1.86. The van der Waals surface area contributed by atoms with Gasteiger partial charge in [-0.2, -0.15) is 0 Å². The highest BCUT2D eigenvalue weighted by molar-refractivity contribution is 6.27. The first-order chi connectivity index (χ1) is 4.68. The van der Waals surface area contributed by atoms with Crippen LogP contribution in [0.15, 0.2) is 4.42 Å². The number of rotatable bonds is 2. The van der Waals surface area contributed by atoms with Crippen LogP contribution in [-0.2, 0) is 11.2 Å². The van der Waals surface area contributed by atoms with Crippen molar-refractivity contribution in [3.05, 3.63) is 11.2 Å². The number of halogens is 1. The van der Waals surface area contributed by atoms with Crippen molar-refractivity contribution in [1.82, 2.24) is 10.2 Å². The third-order valence-electron chi connectivity index (χ3n) is 0.745. The summed E-state index contributed by atoms with van der Waals surface area (Å²) in [6.45, 7) is 0. The SMILES string of the molecule is O=C(O)Cc1nnc(Cl)o1. The minimum atomic E-state index is -1.03. The molecule has 0 unspecified atom stereocenters. The van der Waals surface area contributed by atoms with Gasteiger partial charge in [0.25, 0.3) is 0 Å². The van der Waals surface area contributed by atoms with E-state index in [1.165, 1.54) is 0 Å². The van der Waals surface area contributed by atoms with Gasteiger partial charge in [0.05, 0.1) is 0 Å². The lowest BCUT2D eigenvalue weighted by atomic mass is 10.4. The van der Waals surface area contributed by atoms with Crippen LogP contribution in [0.1, 0.15) is 5.89 Å². The largest absolute Gasteiger partial charge is 0.481 e. The fourth-order valence-corrected chi connectivity index (χ4v) is 0.561. The van der Waals surface area contributed by atoms with E-state index in [2.05, 4.69) is 14.6 Å². The predicted octanol–water partition coefficient (Wildman–Crippen LogP) is 0.350. The van der Waals surface area contributed by atoms with Gasteiger partial charge in [-0.25, -0.2) is 0 Å². The predicted molar refractivity (Wildman–Crippen MR) is 30.6 cm³/mol. The molecular formula is C4H3ClN2O3. The maximum absolute atomic E-state index is 10.0. The number of carbonyl (C=O) groups is 1. The summed E-state index contributed by atoms with van der Waals surface area (Å²) in [5.41, 5.74) is 0. The fourth-order valence-electron chi connectivity index (χ4n) is 0.434. The summed E-state index contributed by atoms with van der Waals surface area (Å²) in [4.78, 5) is 10.0. The van der Waals surface area contributed by atoms with E-state index in [1.54, 1.807) is 0 Å². The summed E-state index contributed by atoms with van der Waals surface area (Å²) >= 11 is 5.21. The first-order valence-corrected chi connectivity index (χ1v) is 2.76. The first-order valence-electron chi connectivity index (χ1n) is 2.38. The minimum absolute atomic E-state index is 0.0116. The molecule has 0 atom stereocenters. The second-order valence-corrected chi connectivity index (χ2v) is 1.84. The molecule has 54 valence electrons. The molecule has 0 fully saturated rings. The lowest BCUT2D eigenvalue weighted by molar-refractivity contribution is -0.136. The highest BCUT2D eigenvalue weighted by Gasteiger charge is 2.07. The molecule has 0 aromatic carbocycles. The number of aliphatic carboxylic acids is 1. The Balaban J connectivity index is 2.67. The van der Waals surface area contributed by atoms with E-state index in [9.17, 15) is 4.79 Å². The molecule has 0 radical (unpaired) electrons. The molecule has 1 heterocycles. The maximum Gasteiger partial charge on any atom is 0.312 e. The van der Waals surface area contributed by atoms with Crippen molar-refractivity contribution in [2.75, 3.05) is 0 Å². The average molecular weight is 163 g/mol. The number of nitrogens with zero attached hydrogens (tertiary/aromatic N) is 2. The van der Waals surface area contributed by atoms with E-state index in [0.717, 1.165) is 0 Å². The minimum Gasteiger partial charge on any atom is -0.481 e. The van der Waals surface area contributed by atoms with Gasteiger partial charge in [0, 0.05) is 0 Å². The monoisotopic (exact) mass is 162 g/mol. The number of carboxylic acid groups (broad SMARTS) is 1. The van der Waals surface area contributed by atoms with Crippen LogP contribution in [0.5, 0.6) is 0 Å². The van der Waals surface area contributed by atoms with E-state index >= 15 is 0 Å². The smallest absolute Gasteiger partial charge is 0.312 e. The molecule has 6 heteroatoms. The van der Waals surface area contributed by atoms with Gasteiger partial charge in [-0.05, 0) is 11.6 Å². The van der Waals surface area contributed by atoms with E-state index in [1.807, 2.05) is 0 Å². The van der Waals surface area contributed by atoms with Gasteiger partial charge in [-0.3, -0.25) is 4.79 Å². The highest BCUT2D eigenvalue weighted by Crippen LogP contribution is 2.05. The molecule has 1 aromatic rings. The number of carboxylic acids is 1. The molecule has 1 aromatic heterocycles. The Labute approximate surface area is 60.6 Å². The number of aromatic nitrogens is 2. The third kappa shape index (κ3) is 1.70. The van der Waals surface area contributed by atoms with Crippen molar-refractivity contribution in [2.45, 2.75) is 6.42 Å². The second-order valence-electron chi connectivity index (χ2n) is 1.52. The zero-order valence-electron chi connectivity index (χ0n) is 4.74. The van der Waals surface area contributed by atoms with Crippen molar-refractivity contribution >= 4 is 17.6 Å². The van der Waals surface area contributed by atoms with Crippen LogP contribution in [-0.4, -0.2) is 21.3 Å². The van der Waals surface area contributed by atoms with Gasteiger partial charge in [0.2, 0.25) is 5.89 Å². The van der Waals surface area contributed by atoms with Gasteiger partial charge < -0.3 is 9.52 Å². The Morgan fingerprint density at radius 1 is 1.70 bits per heavy atom. The summed E-state index contributed by atoms with van der Waals surface area (Å²) < 4.78 is 4.56. The van der Waals surface area contributed by atoms with Crippen LogP contribution >= 0.6 is 11.6 Å². The van der Waals surface area contributed by atoms with E-state index in [-0.39, 0.29) is 17.7 Å². The Bertz CT molecular complexity index is 246. The molecule has 0 aliphatic carbocycles. The second kappa shape index (κ2) is 2.66. The lowest BCUT2D eigenvalue weighted by Crippen LogP contribution is -1.99. The zero-order valence-corrected chi connectivity index (χ0v) is 5.50. The van der Waals surface area contributed by atoms with E-state index < -0.39 is 5.97 Å². The lowest BCUT2D eigenvalue weighted by Gasteiger charge is -1.82. The highest BCUT2D eigenvalue weighted by atomic mass is 35.5. The summed E-state index contributed by atoms with van der Waals surface area (Å²) in [5, 5.41) is 14.6. The molecule has 1 N–H and O–H groups in total. The number of hydrogen-bond acceptors (Lipinski definition) is 4. The van der Waals surface area contributed by atoms with Crippen molar-refractivity contribution < 1.29 is 14.3 Å². The molecular weight excluding hydrogens is 160 g/mol. The summed E-state index contributed by atoms with van der Waals surface area (Å²) in [6, 6.07) is 0. The summed E-state index contributed by atoms with van der Waals surface area (Å²) in [7, 11) is 0. The first kappa shape index (κ1) is 7.01. The molecule has 0 saturated carbocycles. The molecule has 10 heavy (non-hydrogen) atoms. The van der Waals surface area contributed by atoms with Crippen LogP contribution < -0.4 is 0 Å². The topological polar surface area (TPSA) is 76.2 Å². The third-order valence-corrected chi connectivity index (χ3v) is 0.897. The van der Waals surface area contributed by atoms with Crippen molar-refractivity contribution in [3.8, 4) is 0 Å². The molecule has 0 spiro atoms. The van der Waals surface area contributed by atoms with Crippen LogP contribution in [0, 0.1) is 0 Å². The van der Waals surface area contributed by atoms with E-state index in [4.69, 9.17) is 16.7 Å². The molecule has 5 nitrogen and oxygen atoms in total. The molecule has 1 rings (SSSR count). The zero-order chi connectivity index (χ0) is 7.56. The molecule has 0 bridgehead atoms. The molecule has 0 amide bonds. The Hall–Kier alpha value is -1.10. The van der Waals surface area contributed by atoms with Crippen molar-refractivity contribution in [1.29, 1.82) is 0 Å². The van der Waals surface area contributed by atoms with E-state index in [0.29, 0.717) is 0 Å². The molecule has 0 aliphatic heterocycles.